The molecule has 1 amide bonds. The van der Waals surface area contributed by atoms with E-state index in [2.05, 4.69) is 10.3 Å². The molecule has 9 nitrogen and oxygen atoms in total. The van der Waals surface area contributed by atoms with Crippen molar-refractivity contribution in [3.05, 3.63) is 42.1 Å². The number of alkyl halides is 3. The fourth-order valence-corrected chi connectivity index (χ4v) is 4.02. The van der Waals surface area contributed by atoms with Crippen LogP contribution in [0.4, 0.5) is 33.3 Å². The number of carbonyl (C=O) groups is 1. The highest BCUT2D eigenvalue weighted by Gasteiger charge is 2.43. The highest BCUT2D eigenvalue weighted by Crippen LogP contribution is 2.38. The summed E-state index contributed by atoms with van der Waals surface area (Å²) in [6.45, 7) is -1.70. The van der Waals surface area contributed by atoms with Crippen molar-refractivity contribution >= 4 is 27.3 Å². The van der Waals surface area contributed by atoms with Crippen molar-refractivity contribution in [3.8, 4) is 5.75 Å². The summed E-state index contributed by atoms with van der Waals surface area (Å²) >= 11 is 0. The summed E-state index contributed by atoms with van der Waals surface area (Å²) in [5.41, 5.74) is -0.151. The van der Waals surface area contributed by atoms with Gasteiger partial charge in [0.2, 0.25) is 11.7 Å². The third kappa shape index (κ3) is 5.71. The van der Waals surface area contributed by atoms with Gasteiger partial charge in [0.05, 0.1) is 18.9 Å². The Morgan fingerprint density at radius 3 is 2.62 bits per heavy atom. The maximum absolute atomic E-state index is 14.3. The second-order valence-electron chi connectivity index (χ2n) is 7.22. The first-order valence-electron chi connectivity index (χ1n) is 9.58. The van der Waals surface area contributed by atoms with E-state index < -0.39 is 63.3 Å². The molecule has 34 heavy (non-hydrogen) atoms. The van der Waals surface area contributed by atoms with E-state index in [0.29, 0.717) is 0 Å². The van der Waals surface area contributed by atoms with Gasteiger partial charge in [-0.1, -0.05) is 0 Å². The van der Waals surface area contributed by atoms with Crippen molar-refractivity contribution in [2.24, 2.45) is 5.14 Å². The average Bonchev–Trinajstić information content (AvgIpc) is 3.17. The lowest BCUT2D eigenvalue weighted by Gasteiger charge is -2.30. The molecule has 0 unspecified atom stereocenters. The number of primary sulfonamides is 1. The number of aromatic nitrogens is 1. The number of pyridine rings is 1. The van der Waals surface area contributed by atoms with Gasteiger partial charge in [-0.3, -0.25) is 4.79 Å². The number of rotatable bonds is 7. The predicted molar refractivity (Wildman–Crippen MR) is 109 cm³/mol. The largest absolute Gasteiger partial charge is 0.491 e. The Morgan fingerprint density at radius 1 is 1.29 bits per heavy atom. The molecular formula is C19H19F5N4O5S. The molecule has 0 saturated carbocycles. The highest BCUT2D eigenvalue weighted by atomic mass is 32.2. The molecule has 15 heteroatoms. The number of carbonyl (C=O) groups excluding carboxylic acids is 1. The van der Waals surface area contributed by atoms with Gasteiger partial charge in [-0.15, -0.1) is 0 Å². The maximum atomic E-state index is 14.3. The van der Waals surface area contributed by atoms with E-state index in [-0.39, 0.29) is 24.3 Å². The minimum atomic E-state index is -4.68. The highest BCUT2D eigenvalue weighted by molar-refractivity contribution is 7.89. The summed E-state index contributed by atoms with van der Waals surface area (Å²) < 4.78 is 99.1. The number of methoxy groups -OCH3 is 1. The predicted octanol–water partition coefficient (Wildman–Crippen LogP) is 2.18. The number of amides is 1. The smallest absolute Gasteiger partial charge is 0.411 e. The molecule has 186 valence electrons. The third-order valence-corrected chi connectivity index (χ3v) is 5.72. The summed E-state index contributed by atoms with van der Waals surface area (Å²) in [6, 6.07) is 2.65. The number of hydrogen-bond donors (Lipinski definition) is 2. The molecule has 2 heterocycles. The van der Waals surface area contributed by atoms with Gasteiger partial charge in [-0.25, -0.2) is 22.9 Å². The zero-order chi connectivity index (χ0) is 25.3. The van der Waals surface area contributed by atoms with Crippen molar-refractivity contribution in [2.45, 2.75) is 29.8 Å². The number of nitrogens with zero attached hydrogens (tertiary/aromatic N) is 2. The van der Waals surface area contributed by atoms with E-state index in [1.54, 1.807) is 0 Å². The first-order valence-corrected chi connectivity index (χ1v) is 11.1. The molecule has 0 aliphatic carbocycles. The number of halogens is 5. The van der Waals surface area contributed by atoms with Crippen LogP contribution in [0, 0.1) is 11.6 Å². The number of ether oxygens (including phenoxy) is 2. The van der Waals surface area contributed by atoms with Gasteiger partial charge in [0.1, 0.15) is 12.6 Å². The van der Waals surface area contributed by atoms with E-state index in [1.807, 2.05) is 0 Å². The van der Waals surface area contributed by atoms with Crippen LogP contribution >= 0.6 is 0 Å². The quantitative estimate of drug-likeness (QED) is 0.548. The SMILES string of the molecule is COc1c(N2CC[C@H](OCC(F)(F)F)[C@H]2C(=O)Nc2ccnc(S(N)(=O)=O)c2)ccc(F)c1F. The van der Waals surface area contributed by atoms with Crippen LogP contribution < -0.4 is 20.1 Å². The van der Waals surface area contributed by atoms with Crippen LogP contribution in [0.5, 0.6) is 5.75 Å². The zero-order valence-electron chi connectivity index (χ0n) is 17.5. The number of nitrogens with two attached hydrogens (primary N) is 1. The van der Waals surface area contributed by atoms with Gasteiger partial charge in [0.15, 0.2) is 16.6 Å². The van der Waals surface area contributed by atoms with Crippen LogP contribution in [-0.2, 0) is 19.6 Å². The number of benzene rings is 1. The fraction of sp³-hybridized carbons (Fsp3) is 0.368. The molecule has 3 rings (SSSR count). The van der Waals surface area contributed by atoms with Crippen molar-refractivity contribution in [2.75, 3.05) is 30.5 Å². The molecule has 1 aromatic carbocycles. The lowest BCUT2D eigenvalue weighted by atomic mass is 10.1. The van der Waals surface area contributed by atoms with Gasteiger partial charge < -0.3 is 19.7 Å². The molecule has 0 spiro atoms. The van der Waals surface area contributed by atoms with Crippen LogP contribution in [0.1, 0.15) is 6.42 Å². The topological polar surface area (TPSA) is 124 Å². The van der Waals surface area contributed by atoms with E-state index in [0.717, 1.165) is 31.5 Å². The lowest BCUT2D eigenvalue weighted by molar-refractivity contribution is -0.186. The monoisotopic (exact) mass is 510 g/mol. The molecule has 1 aliphatic rings. The zero-order valence-corrected chi connectivity index (χ0v) is 18.3. The average molecular weight is 510 g/mol. The third-order valence-electron chi connectivity index (χ3n) is 4.91. The lowest BCUT2D eigenvalue weighted by Crippen LogP contribution is -2.47. The number of nitrogens with one attached hydrogen (secondary N) is 1. The van der Waals surface area contributed by atoms with Crippen molar-refractivity contribution in [1.82, 2.24) is 4.98 Å². The van der Waals surface area contributed by atoms with Crippen molar-refractivity contribution < 1.29 is 44.6 Å². The first-order chi connectivity index (χ1) is 15.8. The molecule has 2 aromatic rings. The number of hydrogen-bond acceptors (Lipinski definition) is 7. The molecule has 1 fully saturated rings. The molecule has 3 N–H and O–H groups in total. The summed E-state index contributed by atoms with van der Waals surface area (Å²) in [4.78, 5) is 17.9. The molecule has 0 radical (unpaired) electrons. The van der Waals surface area contributed by atoms with Gasteiger partial charge in [-0.2, -0.15) is 17.6 Å². The second kappa shape index (κ2) is 9.68. The first kappa shape index (κ1) is 25.6. The number of anilines is 2. The van der Waals surface area contributed by atoms with Crippen molar-refractivity contribution in [1.29, 1.82) is 0 Å². The van der Waals surface area contributed by atoms with Gasteiger partial charge in [-0.05, 0) is 24.6 Å². The van der Waals surface area contributed by atoms with Crippen LogP contribution in [0.25, 0.3) is 0 Å². The Hall–Kier alpha value is -3.04. The summed E-state index contributed by atoms with van der Waals surface area (Å²) in [5, 5.41) is 6.84. The van der Waals surface area contributed by atoms with Crippen LogP contribution in [-0.4, -0.2) is 57.9 Å². The van der Waals surface area contributed by atoms with Crippen molar-refractivity contribution in [3.63, 3.8) is 0 Å². The second-order valence-corrected chi connectivity index (χ2v) is 8.73. The van der Waals surface area contributed by atoms with Gasteiger partial charge >= 0.3 is 6.18 Å². The van der Waals surface area contributed by atoms with Crippen LogP contribution in [0.3, 0.4) is 0 Å². The summed E-state index contributed by atoms with van der Waals surface area (Å²) in [7, 11) is -3.14. The van der Waals surface area contributed by atoms with E-state index in [1.165, 1.54) is 11.0 Å². The molecule has 1 saturated heterocycles. The Morgan fingerprint density at radius 2 is 2.00 bits per heavy atom. The molecule has 1 aromatic heterocycles. The van der Waals surface area contributed by atoms with E-state index >= 15 is 0 Å². The fourth-order valence-electron chi connectivity index (χ4n) is 3.52. The van der Waals surface area contributed by atoms with E-state index in [4.69, 9.17) is 14.6 Å². The standard InChI is InChI=1S/C19H19F5N4O5S/c1-32-17-12(3-2-11(20)15(17)21)28-7-5-13(33-9-19(22,23)24)16(28)18(29)27-10-4-6-26-14(8-10)34(25,30)31/h2-4,6,8,13,16H,5,7,9H2,1H3,(H2,25,30,31)(H,26,27,29)/t13-,16-/m0/s1. The Labute approximate surface area is 190 Å². The Balaban J connectivity index is 1.97. The molecule has 0 bridgehead atoms. The summed E-state index contributed by atoms with van der Waals surface area (Å²) in [6.07, 6.45) is -4.98. The molecular weight excluding hydrogens is 491 g/mol. The summed E-state index contributed by atoms with van der Waals surface area (Å²) in [5.74, 6) is -4.01. The maximum Gasteiger partial charge on any atom is 0.411 e. The Kier molecular flexibility index (Phi) is 7.28. The van der Waals surface area contributed by atoms with Gasteiger partial charge in [0.25, 0.3) is 10.0 Å². The minimum absolute atomic E-state index is 0.0547. The molecule has 2 atom stereocenters. The molecule has 1 aliphatic heterocycles. The van der Waals surface area contributed by atoms with Gasteiger partial charge in [0, 0.05) is 24.5 Å². The Bertz CT molecular complexity index is 1180. The normalized spacial score (nSPS) is 18.7. The van der Waals surface area contributed by atoms with Crippen LogP contribution in [0.15, 0.2) is 35.5 Å². The van der Waals surface area contributed by atoms with E-state index in [9.17, 15) is 35.2 Å². The minimum Gasteiger partial charge on any atom is -0.491 e. The number of sulfonamides is 1. The van der Waals surface area contributed by atoms with Crippen LogP contribution in [0.2, 0.25) is 0 Å².